The first-order chi connectivity index (χ1) is 11.6. The van der Waals surface area contributed by atoms with Crippen molar-refractivity contribution in [2.45, 2.75) is 39.8 Å². The standard InChI is InChI=1S/C17H26N6S/c1-13-6-4-8-23(12-13)17(18-10-15-7-5-9-24-15)19-11-16-21-20-14(2)22(16)3/h5,7,9,13H,4,6,8,10-12H2,1-3H3,(H,18,19). The van der Waals surface area contributed by atoms with Crippen LogP contribution in [0.4, 0.5) is 0 Å². The van der Waals surface area contributed by atoms with Gasteiger partial charge >= 0.3 is 0 Å². The molecule has 0 aromatic carbocycles. The highest BCUT2D eigenvalue weighted by atomic mass is 32.1. The third-order valence-electron chi connectivity index (χ3n) is 4.51. The molecule has 1 N–H and O–H groups in total. The maximum absolute atomic E-state index is 4.84. The molecule has 3 heterocycles. The lowest BCUT2D eigenvalue weighted by Gasteiger charge is -2.33. The molecule has 7 heteroatoms. The van der Waals surface area contributed by atoms with E-state index in [0.717, 1.165) is 37.2 Å². The third-order valence-corrected chi connectivity index (χ3v) is 5.39. The first kappa shape index (κ1) is 17.0. The maximum atomic E-state index is 4.84. The number of thiophene rings is 1. The molecule has 0 spiro atoms. The third kappa shape index (κ3) is 4.14. The van der Waals surface area contributed by atoms with Crippen LogP contribution < -0.4 is 5.32 Å². The monoisotopic (exact) mass is 346 g/mol. The van der Waals surface area contributed by atoms with Gasteiger partial charge in [-0.1, -0.05) is 13.0 Å². The highest BCUT2D eigenvalue weighted by Gasteiger charge is 2.19. The van der Waals surface area contributed by atoms with E-state index in [9.17, 15) is 0 Å². The van der Waals surface area contributed by atoms with E-state index in [4.69, 9.17) is 4.99 Å². The number of aromatic nitrogens is 3. The number of nitrogens with one attached hydrogen (secondary N) is 1. The van der Waals surface area contributed by atoms with Crippen LogP contribution in [0.3, 0.4) is 0 Å². The van der Waals surface area contributed by atoms with Gasteiger partial charge in [-0.3, -0.25) is 0 Å². The van der Waals surface area contributed by atoms with Crippen molar-refractivity contribution in [1.29, 1.82) is 0 Å². The summed E-state index contributed by atoms with van der Waals surface area (Å²) in [5.41, 5.74) is 0. The molecule has 1 unspecified atom stereocenters. The molecule has 0 amide bonds. The normalized spacial score (nSPS) is 18.9. The van der Waals surface area contributed by atoms with Crippen LogP contribution >= 0.6 is 11.3 Å². The Bertz CT molecular complexity index is 675. The highest BCUT2D eigenvalue weighted by molar-refractivity contribution is 7.09. The Morgan fingerprint density at radius 3 is 3.00 bits per heavy atom. The average Bonchev–Trinajstić information content (AvgIpc) is 3.20. The highest BCUT2D eigenvalue weighted by Crippen LogP contribution is 2.16. The summed E-state index contributed by atoms with van der Waals surface area (Å²) in [5, 5.41) is 14.0. The van der Waals surface area contributed by atoms with E-state index in [0.29, 0.717) is 12.5 Å². The summed E-state index contributed by atoms with van der Waals surface area (Å²) < 4.78 is 2.00. The number of nitrogens with zero attached hydrogens (tertiary/aromatic N) is 5. The molecule has 0 bridgehead atoms. The van der Waals surface area contributed by atoms with Gasteiger partial charge in [0.15, 0.2) is 11.8 Å². The Balaban J connectivity index is 1.72. The predicted octanol–water partition coefficient (Wildman–Crippen LogP) is 2.56. The fraction of sp³-hybridized carbons (Fsp3) is 0.588. The lowest BCUT2D eigenvalue weighted by atomic mass is 10.0. The molecule has 0 aliphatic carbocycles. The van der Waals surface area contributed by atoms with E-state index in [1.807, 2.05) is 18.5 Å². The molecular formula is C17H26N6S. The number of guanidine groups is 1. The van der Waals surface area contributed by atoms with Gasteiger partial charge in [-0.2, -0.15) is 0 Å². The molecule has 24 heavy (non-hydrogen) atoms. The number of likely N-dealkylation sites (tertiary alicyclic amines) is 1. The van der Waals surface area contributed by atoms with Crippen LogP contribution in [-0.4, -0.2) is 38.7 Å². The largest absolute Gasteiger partial charge is 0.351 e. The average molecular weight is 347 g/mol. The SMILES string of the molecule is Cc1nnc(CN=C(NCc2cccs2)N2CCCC(C)C2)n1C. The molecule has 130 valence electrons. The van der Waals surface area contributed by atoms with E-state index in [1.54, 1.807) is 11.3 Å². The van der Waals surface area contributed by atoms with Crippen molar-refractivity contribution in [2.24, 2.45) is 18.0 Å². The van der Waals surface area contributed by atoms with Gasteiger partial charge < -0.3 is 14.8 Å². The molecular weight excluding hydrogens is 320 g/mol. The molecule has 1 atom stereocenters. The van der Waals surface area contributed by atoms with Crippen LogP contribution in [0.5, 0.6) is 0 Å². The molecule has 1 fully saturated rings. The van der Waals surface area contributed by atoms with Crippen LogP contribution in [0.15, 0.2) is 22.5 Å². The molecule has 1 aliphatic heterocycles. The van der Waals surface area contributed by atoms with E-state index in [-0.39, 0.29) is 0 Å². The lowest BCUT2D eigenvalue weighted by Crippen LogP contribution is -2.46. The first-order valence-corrected chi connectivity index (χ1v) is 9.42. The molecule has 3 rings (SSSR count). The summed E-state index contributed by atoms with van der Waals surface area (Å²) in [6.45, 7) is 7.78. The van der Waals surface area contributed by atoms with Crippen molar-refractivity contribution in [3.8, 4) is 0 Å². The van der Waals surface area contributed by atoms with E-state index < -0.39 is 0 Å². The van der Waals surface area contributed by atoms with Gasteiger partial charge in [-0.15, -0.1) is 21.5 Å². The lowest BCUT2D eigenvalue weighted by molar-refractivity contribution is 0.265. The Labute approximate surface area is 147 Å². The Morgan fingerprint density at radius 1 is 1.46 bits per heavy atom. The number of hydrogen-bond acceptors (Lipinski definition) is 4. The second-order valence-corrected chi connectivity index (χ2v) is 7.52. The second-order valence-electron chi connectivity index (χ2n) is 6.49. The Kier molecular flexibility index (Phi) is 5.50. The first-order valence-electron chi connectivity index (χ1n) is 8.54. The Morgan fingerprint density at radius 2 is 2.33 bits per heavy atom. The molecule has 1 aliphatic rings. The van der Waals surface area contributed by atoms with Crippen molar-refractivity contribution in [3.63, 3.8) is 0 Å². The summed E-state index contributed by atoms with van der Waals surface area (Å²) in [5.74, 6) is 3.51. The summed E-state index contributed by atoms with van der Waals surface area (Å²) in [6.07, 6.45) is 2.53. The number of aliphatic imine (C=N–C) groups is 1. The van der Waals surface area contributed by atoms with E-state index in [1.165, 1.54) is 17.7 Å². The summed E-state index contributed by atoms with van der Waals surface area (Å²) in [6, 6.07) is 4.24. The van der Waals surface area contributed by atoms with Crippen LogP contribution in [0.2, 0.25) is 0 Å². The van der Waals surface area contributed by atoms with Crippen molar-refractivity contribution in [3.05, 3.63) is 34.0 Å². The molecule has 0 saturated carbocycles. The van der Waals surface area contributed by atoms with Gasteiger partial charge in [0, 0.05) is 25.0 Å². The quantitative estimate of drug-likeness (QED) is 0.683. The minimum Gasteiger partial charge on any atom is -0.351 e. The zero-order chi connectivity index (χ0) is 16.9. The predicted molar refractivity (Wildman–Crippen MR) is 98.0 cm³/mol. The van der Waals surface area contributed by atoms with Crippen LogP contribution in [0.1, 0.15) is 36.3 Å². The van der Waals surface area contributed by atoms with Crippen molar-refractivity contribution in [1.82, 2.24) is 25.0 Å². The van der Waals surface area contributed by atoms with Crippen molar-refractivity contribution >= 4 is 17.3 Å². The topological polar surface area (TPSA) is 58.3 Å². The van der Waals surface area contributed by atoms with Gasteiger partial charge in [0.05, 0.1) is 6.54 Å². The zero-order valence-electron chi connectivity index (χ0n) is 14.7. The summed E-state index contributed by atoms with van der Waals surface area (Å²) >= 11 is 1.77. The van der Waals surface area contributed by atoms with Crippen LogP contribution in [0.25, 0.3) is 0 Å². The maximum Gasteiger partial charge on any atom is 0.194 e. The van der Waals surface area contributed by atoms with Gasteiger partial charge in [0.2, 0.25) is 0 Å². The summed E-state index contributed by atoms with van der Waals surface area (Å²) in [4.78, 5) is 8.54. The molecule has 2 aromatic rings. The van der Waals surface area contributed by atoms with Crippen LogP contribution in [0, 0.1) is 12.8 Å². The van der Waals surface area contributed by atoms with Crippen molar-refractivity contribution < 1.29 is 0 Å². The molecule has 2 aromatic heterocycles. The zero-order valence-corrected chi connectivity index (χ0v) is 15.5. The molecule has 1 saturated heterocycles. The summed E-state index contributed by atoms with van der Waals surface area (Å²) in [7, 11) is 1.99. The van der Waals surface area contributed by atoms with Gasteiger partial charge in [-0.25, -0.2) is 4.99 Å². The van der Waals surface area contributed by atoms with E-state index >= 15 is 0 Å². The molecule has 6 nitrogen and oxygen atoms in total. The minimum atomic E-state index is 0.551. The number of aryl methyl sites for hydroxylation is 1. The second kappa shape index (κ2) is 7.79. The van der Waals surface area contributed by atoms with Crippen molar-refractivity contribution in [2.75, 3.05) is 13.1 Å². The number of hydrogen-bond donors (Lipinski definition) is 1. The van der Waals surface area contributed by atoms with Gasteiger partial charge in [0.25, 0.3) is 0 Å². The van der Waals surface area contributed by atoms with E-state index in [2.05, 4.69) is 44.9 Å². The minimum absolute atomic E-state index is 0.551. The number of rotatable bonds is 4. The van der Waals surface area contributed by atoms with Crippen LogP contribution in [-0.2, 0) is 20.1 Å². The smallest absolute Gasteiger partial charge is 0.194 e. The van der Waals surface area contributed by atoms with Gasteiger partial charge in [0.1, 0.15) is 12.4 Å². The number of piperidine rings is 1. The Hall–Kier alpha value is -1.89. The molecule has 0 radical (unpaired) electrons. The fourth-order valence-electron chi connectivity index (χ4n) is 2.96. The van der Waals surface area contributed by atoms with Gasteiger partial charge in [-0.05, 0) is 37.1 Å². The fourth-order valence-corrected chi connectivity index (χ4v) is 3.61.